The van der Waals surface area contributed by atoms with Gasteiger partial charge in [-0.05, 0) is 24.6 Å². The van der Waals surface area contributed by atoms with Crippen molar-refractivity contribution in [2.45, 2.75) is 13.3 Å². The van der Waals surface area contributed by atoms with Crippen LogP contribution in [-0.2, 0) is 6.42 Å². The highest BCUT2D eigenvalue weighted by Gasteiger charge is 2.14. The lowest BCUT2D eigenvalue weighted by atomic mass is 10.0. The standard InChI is InChI=1S/C20H14FN5OS/c1-12-2-3-13(20-26-25-11-28-20)6-16(12)18-10-23-14(8-24-18)7-19(27)15-4-5-22-9-17(15)21/h2-6,8-11H,7H2,1H3. The van der Waals surface area contributed by atoms with E-state index in [4.69, 9.17) is 0 Å². The molecule has 0 bridgehead atoms. The quantitative estimate of drug-likeness (QED) is 0.480. The summed E-state index contributed by atoms with van der Waals surface area (Å²) in [7, 11) is 0. The van der Waals surface area contributed by atoms with E-state index < -0.39 is 5.82 Å². The predicted octanol–water partition coefficient (Wildman–Crippen LogP) is 3.93. The summed E-state index contributed by atoms with van der Waals surface area (Å²) >= 11 is 1.46. The second kappa shape index (κ2) is 7.69. The Hall–Kier alpha value is -3.39. The first-order valence-electron chi connectivity index (χ1n) is 8.43. The maximum absolute atomic E-state index is 13.7. The van der Waals surface area contributed by atoms with E-state index in [0.717, 1.165) is 27.9 Å². The number of benzene rings is 1. The molecule has 1 aromatic carbocycles. The van der Waals surface area contributed by atoms with E-state index in [9.17, 15) is 9.18 Å². The summed E-state index contributed by atoms with van der Waals surface area (Å²) in [5, 5.41) is 8.79. The summed E-state index contributed by atoms with van der Waals surface area (Å²) < 4.78 is 13.7. The lowest BCUT2D eigenvalue weighted by Crippen LogP contribution is -2.08. The minimum atomic E-state index is -0.638. The molecule has 4 rings (SSSR count). The van der Waals surface area contributed by atoms with Gasteiger partial charge in [0.1, 0.15) is 10.5 Å². The van der Waals surface area contributed by atoms with Gasteiger partial charge in [0.25, 0.3) is 0 Å². The minimum absolute atomic E-state index is 0.00137. The molecule has 0 atom stereocenters. The van der Waals surface area contributed by atoms with Crippen LogP contribution in [0.2, 0.25) is 0 Å². The third kappa shape index (κ3) is 3.67. The molecule has 0 aliphatic rings. The van der Waals surface area contributed by atoms with Gasteiger partial charge in [-0.25, -0.2) is 4.39 Å². The van der Waals surface area contributed by atoms with Crippen LogP contribution in [0.4, 0.5) is 4.39 Å². The Bertz CT molecular complexity index is 1130. The summed E-state index contributed by atoms with van der Waals surface area (Å²) in [6, 6.07) is 7.35. The Morgan fingerprint density at radius 1 is 1.14 bits per heavy atom. The topological polar surface area (TPSA) is 81.5 Å². The van der Waals surface area contributed by atoms with Crippen LogP contribution >= 0.6 is 11.3 Å². The molecule has 0 unspecified atom stereocenters. The van der Waals surface area contributed by atoms with Gasteiger partial charge in [-0.1, -0.05) is 23.5 Å². The second-order valence-corrected chi connectivity index (χ2v) is 6.96. The predicted molar refractivity (Wildman–Crippen MR) is 103 cm³/mol. The molecule has 0 spiro atoms. The van der Waals surface area contributed by atoms with E-state index in [1.165, 1.54) is 23.6 Å². The van der Waals surface area contributed by atoms with Crippen LogP contribution in [0.25, 0.3) is 21.8 Å². The first-order valence-corrected chi connectivity index (χ1v) is 9.31. The molecule has 0 saturated carbocycles. The van der Waals surface area contributed by atoms with Gasteiger partial charge in [0.2, 0.25) is 0 Å². The number of aromatic nitrogens is 5. The van der Waals surface area contributed by atoms with Crippen molar-refractivity contribution in [3.8, 4) is 21.8 Å². The van der Waals surface area contributed by atoms with Crippen LogP contribution < -0.4 is 0 Å². The minimum Gasteiger partial charge on any atom is -0.294 e. The summed E-state index contributed by atoms with van der Waals surface area (Å²) in [5.41, 5.74) is 5.78. The number of carbonyl (C=O) groups excluding carboxylic acids is 1. The third-order valence-electron chi connectivity index (χ3n) is 4.24. The highest BCUT2D eigenvalue weighted by Crippen LogP contribution is 2.28. The normalized spacial score (nSPS) is 10.8. The van der Waals surface area contributed by atoms with Gasteiger partial charge in [-0.2, -0.15) is 0 Å². The van der Waals surface area contributed by atoms with E-state index in [1.807, 2.05) is 25.1 Å². The second-order valence-electron chi connectivity index (χ2n) is 6.12. The van der Waals surface area contributed by atoms with Crippen LogP contribution in [0.3, 0.4) is 0 Å². The lowest BCUT2D eigenvalue weighted by Gasteiger charge is -2.08. The highest BCUT2D eigenvalue weighted by atomic mass is 32.1. The lowest BCUT2D eigenvalue weighted by molar-refractivity contribution is 0.0988. The van der Waals surface area contributed by atoms with Crippen molar-refractivity contribution in [3.63, 3.8) is 0 Å². The molecule has 0 saturated heterocycles. The fourth-order valence-corrected chi connectivity index (χ4v) is 3.33. The van der Waals surface area contributed by atoms with E-state index in [0.29, 0.717) is 11.4 Å². The van der Waals surface area contributed by atoms with Crippen LogP contribution in [0.1, 0.15) is 21.6 Å². The van der Waals surface area contributed by atoms with Crippen molar-refractivity contribution in [2.24, 2.45) is 0 Å². The zero-order valence-electron chi connectivity index (χ0n) is 14.8. The smallest absolute Gasteiger partial charge is 0.171 e. The molecule has 0 aliphatic carbocycles. The molecule has 0 fully saturated rings. The van der Waals surface area contributed by atoms with Crippen molar-refractivity contribution in [2.75, 3.05) is 0 Å². The molecule has 8 heteroatoms. The van der Waals surface area contributed by atoms with Crippen molar-refractivity contribution in [1.82, 2.24) is 25.1 Å². The number of Topliss-reactive ketones (excluding diaryl/α,β-unsaturated/α-hetero) is 1. The SMILES string of the molecule is Cc1ccc(-c2nncs2)cc1-c1cnc(CC(=O)c2ccncc2F)cn1. The van der Waals surface area contributed by atoms with Crippen LogP contribution in [0.5, 0.6) is 0 Å². The van der Waals surface area contributed by atoms with Gasteiger partial charge >= 0.3 is 0 Å². The van der Waals surface area contributed by atoms with Crippen LogP contribution in [0, 0.1) is 12.7 Å². The van der Waals surface area contributed by atoms with E-state index in [2.05, 4.69) is 25.1 Å². The number of ketones is 1. The molecule has 138 valence electrons. The monoisotopic (exact) mass is 391 g/mol. The number of halogens is 1. The van der Waals surface area contributed by atoms with Gasteiger partial charge in [0.15, 0.2) is 11.6 Å². The first-order chi connectivity index (χ1) is 13.6. The fourth-order valence-electron chi connectivity index (χ4n) is 2.78. The average molecular weight is 391 g/mol. The summed E-state index contributed by atoms with van der Waals surface area (Å²) in [5.74, 6) is -1.00. The highest BCUT2D eigenvalue weighted by molar-refractivity contribution is 7.12. The third-order valence-corrected chi connectivity index (χ3v) is 4.98. The molecule has 0 amide bonds. The molecule has 28 heavy (non-hydrogen) atoms. The van der Waals surface area contributed by atoms with E-state index in [-0.39, 0.29) is 17.8 Å². The molecular weight excluding hydrogens is 377 g/mol. The number of pyridine rings is 1. The van der Waals surface area contributed by atoms with Crippen LogP contribution in [-0.4, -0.2) is 30.9 Å². The van der Waals surface area contributed by atoms with Crippen molar-refractivity contribution < 1.29 is 9.18 Å². The Morgan fingerprint density at radius 2 is 2.04 bits per heavy atom. The zero-order chi connectivity index (χ0) is 19.5. The molecule has 6 nitrogen and oxygen atoms in total. The van der Waals surface area contributed by atoms with Crippen molar-refractivity contribution >= 4 is 17.1 Å². The van der Waals surface area contributed by atoms with Crippen molar-refractivity contribution in [1.29, 1.82) is 0 Å². The molecule has 3 aromatic heterocycles. The van der Waals surface area contributed by atoms with Gasteiger partial charge in [-0.15, -0.1) is 10.2 Å². The summed E-state index contributed by atoms with van der Waals surface area (Å²) in [4.78, 5) is 24.7. The van der Waals surface area contributed by atoms with E-state index in [1.54, 1.807) is 17.9 Å². The zero-order valence-corrected chi connectivity index (χ0v) is 15.7. The maximum Gasteiger partial charge on any atom is 0.171 e. The molecule has 0 N–H and O–H groups in total. The molecular formula is C20H14FN5OS. The van der Waals surface area contributed by atoms with Gasteiger partial charge in [-0.3, -0.25) is 19.7 Å². The Labute approximate surface area is 164 Å². The Balaban J connectivity index is 1.58. The van der Waals surface area contributed by atoms with Gasteiger partial charge in [0.05, 0.1) is 35.8 Å². The number of nitrogens with zero attached hydrogens (tertiary/aromatic N) is 5. The van der Waals surface area contributed by atoms with Gasteiger partial charge in [0, 0.05) is 23.5 Å². The van der Waals surface area contributed by atoms with Crippen LogP contribution in [0.15, 0.2) is 54.6 Å². The number of hydrogen-bond acceptors (Lipinski definition) is 7. The Kier molecular flexibility index (Phi) is 4.94. The number of carbonyl (C=O) groups is 1. The summed E-state index contributed by atoms with van der Waals surface area (Å²) in [6.45, 7) is 1.99. The largest absolute Gasteiger partial charge is 0.294 e. The molecule has 3 heterocycles. The summed E-state index contributed by atoms with van der Waals surface area (Å²) in [6.07, 6.45) is 5.55. The Morgan fingerprint density at radius 3 is 2.75 bits per heavy atom. The number of aryl methyl sites for hydroxylation is 1. The number of hydrogen-bond donors (Lipinski definition) is 0. The molecule has 0 aliphatic heterocycles. The van der Waals surface area contributed by atoms with E-state index >= 15 is 0 Å². The average Bonchev–Trinajstić information content (AvgIpc) is 3.24. The van der Waals surface area contributed by atoms with Gasteiger partial charge < -0.3 is 0 Å². The maximum atomic E-state index is 13.7. The fraction of sp³-hybridized carbons (Fsp3) is 0.100. The first kappa shape index (κ1) is 18.0. The van der Waals surface area contributed by atoms with Crippen molar-refractivity contribution in [3.05, 3.63) is 77.2 Å². The molecule has 0 radical (unpaired) electrons. The number of rotatable bonds is 5. The molecule has 4 aromatic rings.